The number of pyridine rings is 1. The molecule has 3 aliphatic heterocycles. The number of nitrogens with one attached hydrogen (secondary N) is 2. The number of nitrogens with zero attached hydrogens (tertiary/aromatic N) is 5. The first-order valence-electron chi connectivity index (χ1n) is 11.1. The summed E-state index contributed by atoms with van der Waals surface area (Å²) in [7, 11) is 2.22. The summed E-state index contributed by atoms with van der Waals surface area (Å²) < 4.78 is 5.47. The van der Waals surface area contributed by atoms with Crippen molar-refractivity contribution in [2.45, 2.75) is 25.4 Å². The fourth-order valence-electron chi connectivity index (χ4n) is 5.03. The number of aryl methyl sites for hydroxylation is 1. The zero-order chi connectivity index (χ0) is 22.5. The van der Waals surface area contributed by atoms with Gasteiger partial charge in [-0.2, -0.15) is 0 Å². The average Bonchev–Trinajstić information content (AvgIpc) is 3.38. The van der Waals surface area contributed by atoms with Crippen LogP contribution in [0.2, 0.25) is 0 Å². The van der Waals surface area contributed by atoms with Crippen LogP contribution in [0.15, 0.2) is 42.7 Å². The van der Waals surface area contributed by atoms with Gasteiger partial charge in [0.1, 0.15) is 0 Å². The molecule has 2 saturated heterocycles. The Kier molecular flexibility index (Phi) is 4.65. The second-order valence-electron chi connectivity index (χ2n) is 8.93. The highest BCUT2D eigenvalue weighted by Crippen LogP contribution is 2.36. The smallest absolute Gasteiger partial charge is 0.263 e. The van der Waals surface area contributed by atoms with Crippen molar-refractivity contribution >= 4 is 29.0 Å². The Hall–Kier alpha value is -3.72. The number of likely N-dealkylation sites (tertiary alicyclic amines) is 1. The number of piperazine rings is 1. The molecular formula is C24H25N7O2. The van der Waals surface area contributed by atoms with Gasteiger partial charge >= 0.3 is 0 Å². The number of benzene rings is 1. The van der Waals surface area contributed by atoms with Crippen molar-refractivity contribution in [1.82, 2.24) is 19.9 Å². The molecule has 0 spiro atoms. The average molecular weight is 444 g/mol. The van der Waals surface area contributed by atoms with E-state index in [1.54, 1.807) is 12.4 Å². The predicted molar refractivity (Wildman–Crippen MR) is 126 cm³/mol. The van der Waals surface area contributed by atoms with Gasteiger partial charge in [-0.25, -0.2) is 15.0 Å². The van der Waals surface area contributed by atoms with E-state index >= 15 is 0 Å². The summed E-state index contributed by atoms with van der Waals surface area (Å²) >= 11 is 0. The van der Waals surface area contributed by atoms with Gasteiger partial charge in [0.2, 0.25) is 5.95 Å². The van der Waals surface area contributed by atoms with Crippen LogP contribution < -0.4 is 20.3 Å². The van der Waals surface area contributed by atoms with Crippen molar-refractivity contribution in [1.29, 1.82) is 0 Å². The molecular weight excluding hydrogens is 418 g/mol. The van der Waals surface area contributed by atoms with Crippen LogP contribution in [0.1, 0.15) is 12.0 Å². The first-order valence-corrected chi connectivity index (χ1v) is 11.1. The van der Waals surface area contributed by atoms with Crippen molar-refractivity contribution in [2.75, 3.05) is 42.3 Å². The molecule has 0 radical (unpaired) electrons. The second-order valence-corrected chi connectivity index (χ2v) is 8.93. The predicted octanol–water partition coefficient (Wildman–Crippen LogP) is 2.81. The molecule has 2 unspecified atom stereocenters. The lowest BCUT2D eigenvalue weighted by atomic mass is 10.1. The fourth-order valence-corrected chi connectivity index (χ4v) is 5.03. The summed E-state index contributed by atoms with van der Waals surface area (Å²) in [6.45, 7) is 4.38. The van der Waals surface area contributed by atoms with E-state index in [1.807, 2.05) is 12.1 Å². The molecule has 2 fully saturated rings. The van der Waals surface area contributed by atoms with Crippen molar-refractivity contribution < 1.29 is 9.53 Å². The van der Waals surface area contributed by atoms with Gasteiger partial charge in [0.25, 0.3) is 5.91 Å². The van der Waals surface area contributed by atoms with Gasteiger partial charge in [-0.3, -0.25) is 9.69 Å². The Morgan fingerprint density at radius 1 is 1.15 bits per heavy atom. The molecule has 1 aromatic carbocycles. The zero-order valence-corrected chi connectivity index (χ0v) is 18.6. The molecule has 9 heteroatoms. The number of carbonyl (C=O) groups is 1. The molecule has 33 heavy (non-hydrogen) atoms. The van der Waals surface area contributed by atoms with E-state index < -0.39 is 0 Å². The minimum Gasteiger partial charge on any atom is -0.480 e. The minimum atomic E-state index is -0.206. The Morgan fingerprint density at radius 2 is 2.06 bits per heavy atom. The maximum atomic E-state index is 11.5. The lowest BCUT2D eigenvalue weighted by Crippen LogP contribution is -2.44. The molecule has 3 aromatic rings. The Labute approximate surface area is 191 Å². The lowest BCUT2D eigenvalue weighted by Gasteiger charge is -2.34. The van der Waals surface area contributed by atoms with Crippen LogP contribution in [0.3, 0.4) is 0 Å². The third-order valence-electron chi connectivity index (χ3n) is 6.70. The standard InChI is InChI=1S/C24H25N7O2/c1-14-7-16(3-4-20(14)31-12-17-9-18(31)11-30(17)2)27-24-25-6-5-19(28-24)15-8-21-23(26-10-15)29-22(32)13-33-21/h3-8,10,17-18H,9,11-13H2,1-2H3,(H,25,27,28)(H,26,29,32). The Balaban J connectivity index is 1.21. The van der Waals surface area contributed by atoms with E-state index in [4.69, 9.17) is 4.74 Å². The number of ether oxygens (including phenoxy) is 1. The first kappa shape index (κ1) is 19.9. The highest BCUT2D eigenvalue weighted by Gasteiger charge is 2.41. The molecule has 5 heterocycles. The van der Waals surface area contributed by atoms with E-state index in [9.17, 15) is 4.79 Å². The van der Waals surface area contributed by atoms with Gasteiger partial charge in [-0.15, -0.1) is 0 Å². The fraction of sp³-hybridized carbons (Fsp3) is 0.333. The van der Waals surface area contributed by atoms with Crippen molar-refractivity contribution in [3.8, 4) is 17.0 Å². The lowest BCUT2D eigenvalue weighted by molar-refractivity contribution is -0.118. The van der Waals surface area contributed by atoms with Crippen molar-refractivity contribution in [3.63, 3.8) is 0 Å². The molecule has 3 aliphatic rings. The molecule has 2 N–H and O–H groups in total. The third kappa shape index (κ3) is 3.64. The zero-order valence-electron chi connectivity index (χ0n) is 18.6. The largest absolute Gasteiger partial charge is 0.480 e. The summed E-state index contributed by atoms with van der Waals surface area (Å²) in [5.41, 5.74) is 5.00. The van der Waals surface area contributed by atoms with Gasteiger partial charge in [0, 0.05) is 54.5 Å². The molecule has 0 saturated carbocycles. The summed E-state index contributed by atoms with van der Waals surface area (Å²) in [4.78, 5) is 29.8. The summed E-state index contributed by atoms with van der Waals surface area (Å²) in [6, 6.07) is 11.4. The van der Waals surface area contributed by atoms with Crippen LogP contribution in [-0.4, -0.2) is 64.6 Å². The molecule has 168 valence electrons. The number of aromatic nitrogens is 3. The van der Waals surface area contributed by atoms with E-state index in [1.165, 1.54) is 17.7 Å². The van der Waals surface area contributed by atoms with E-state index in [-0.39, 0.29) is 12.5 Å². The maximum Gasteiger partial charge on any atom is 0.263 e. The van der Waals surface area contributed by atoms with Crippen LogP contribution in [0.25, 0.3) is 11.3 Å². The molecule has 1 amide bonds. The first-order chi connectivity index (χ1) is 16.0. The van der Waals surface area contributed by atoms with E-state index in [2.05, 4.69) is 67.6 Å². The SMILES string of the molecule is Cc1cc(Nc2nccc(-c3cnc4c(c3)OCC(=O)N4)n2)ccc1N1CC2CC1CN2C. The molecule has 9 nitrogen and oxygen atoms in total. The van der Waals surface area contributed by atoms with Gasteiger partial charge in [-0.1, -0.05) is 0 Å². The molecule has 2 aromatic heterocycles. The highest BCUT2D eigenvalue weighted by molar-refractivity contribution is 5.94. The molecule has 2 atom stereocenters. The third-order valence-corrected chi connectivity index (χ3v) is 6.70. The van der Waals surface area contributed by atoms with E-state index in [0.29, 0.717) is 35.3 Å². The number of amides is 1. The van der Waals surface area contributed by atoms with Gasteiger partial charge in [0.15, 0.2) is 18.2 Å². The number of rotatable bonds is 4. The number of hydrogen-bond donors (Lipinski definition) is 2. The second kappa shape index (κ2) is 7.70. The van der Waals surface area contributed by atoms with Gasteiger partial charge in [0.05, 0.1) is 5.69 Å². The topological polar surface area (TPSA) is 95.5 Å². The maximum absolute atomic E-state index is 11.5. The van der Waals surface area contributed by atoms with Crippen LogP contribution in [-0.2, 0) is 4.79 Å². The number of hydrogen-bond acceptors (Lipinski definition) is 8. The van der Waals surface area contributed by atoms with Crippen LogP contribution >= 0.6 is 0 Å². The van der Waals surface area contributed by atoms with Crippen molar-refractivity contribution in [2.24, 2.45) is 0 Å². The summed E-state index contributed by atoms with van der Waals surface area (Å²) in [5, 5.41) is 6.02. The summed E-state index contributed by atoms with van der Waals surface area (Å²) in [6.07, 6.45) is 4.64. The van der Waals surface area contributed by atoms with Gasteiger partial charge < -0.3 is 20.3 Å². The minimum absolute atomic E-state index is 0.0143. The molecule has 6 rings (SSSR count). The normalized spacial score (nSPS) is 21.5. The number of carbonyl (C=O) groups excluding carboxylic acids is 1. The van der Waals surface area contributed by atoms with E-state index in [0.717, 1.165) is 24.3 Å². The molecule has 0 aliphatic carbocycles. The Morgan fingerprint density at radius 3 is 2.85 bits per heavy atom. The summed E-state index contributed by atoms with van der Waals surface area (Å²) in [5.74, 6) is 1.26. The van der Waals surface area contributed by atoms with Crippen LogP contribution in [0.5, 0.6) is 5.75 Å². The number of anilines is 4. The van der Waals surface area contributed by atoms with Gasteiger partial charge in [-0.05, 0) is 56.3 Å². The van der Waals surface area contributed by atoms with Crippen LogP contribution in [0, 0.1) is 6.92 Å². The highest BCUT2D eigenvalue weighted by atomic mass is 16.5. The number of fused-ring (bicyclic) bond motifs is 3. The quantitative estimate of drug-likeness (QED) is 0.636. The molecule has 2 bridgehead atoms. The van der Waals surface area contributed by atoms with Crippen molar-refractivity contribution in [3.05, 3.63) is 48.3 Å². The monoisotopic (exact) mass is 443 g/mol. The van der Waals surface area contributed by atoms with Crippen LogP contribution in [0.4, 0.5) is 23.1 Å². The Bertz CT molecular complexity index is 1250. The number of likely N-dealkylation sites (N-methyl/N-ethyl adjacent to an activating group) is 1.